The van der Waals surface area contributed by atoms with Crippen LogP contribution in [0.3, 0.4) is 0 Å². The van der Waals surface area contributed by atoms with Gasteiger partial charge in [-0.15, -0.1) is 0 Å². The first-order chi connectivity index (χ1) is 6.84. The number of pyridine rings is 1. The number of nitrogens with zero attached hydrogens (tertiary/aromatic N) is 1. The summed E-state index contributed by atoms with van der Waals surface area (Å²) in [7, 11) is 0. The van der Waals surface area contributed by atoms with E-state index in [0.29, 0.717) is 11.1 Å². The molecule has 1 heterocycles. The molecule has 70 valence electrons. The molecule has 1 nitrogen and oxygen atoms in total. The third-order valence-electron chi connectivity index (χ3n) is 2.71. The van der Waals surface area contributed by atoms with E-state index in [1.807, 2.05) is 18.2 Å². The summed E-state index contributed by atoms with van der Waals surface area (Å²) in [6.45, 7) is 0. The third kappa shape index (κ3) is 1.28. The van der Waals surface area contributed by atoms with Gasteiger partial charge in [-0.05, 0) is 24.3 Å². The Labute approximate surface area is 87.7 Å². The molecule has 1 aliphatic rings. The van der Waals surface area contributed by atoms with Crippen LogP contribution >= 0.6 is 11.6 Å². The minimum absolute atomic E-state index is 0.644. The molecular formula is C12H10ClN. The Hall–Kier alpha value is -1.08. The highest BCUT2D eigenvalue weighted by atomic mass is 35.5. The lowest BCUT2D eigenvalue weighted by atomic mass is 10.1. The average Bonchev–Trinajstić information content (AvgIpc) is 3.01. The van der Waals surface area contributed by atoms with Gasteiger partial charge in [0, 0.05) is 17.0 Å². The van der Waals surface area contributed by atoms with E-state index in [2.05, 4.69) is 17.1 Å². The summed E-state index contributed by atoms with van der Waals surface area (Å²) in [5.41, 5.74) is 1.16. The zero-order chi connectivity index (χ0) is 9.54. The van der Waals surface area contributed by atoms with E-state index in [4.69, 9.17) is 11.6 Å². The van der Waals surface area contributed by atoms with Gasteiger partial charge in [0.25, 0.3) is 0 Å². The van der Waals surface area contributed by atoms with Gasteiger partial charge >= 0.3 is 0 Å². The van der Waals surface area contributed by atoms with Crippen molar-refractivity contribution in [1.82, 2.24) is 4.98 Å². The van der Waals surface area contributed by atoms with Crippen molar-refractivity contribution in [2.45, 2.75) is 18.8 Å². The summed E-state index contributed by atoms with van der Waals surface area (Å²) in [4.78, 5) is 4.43. The molecule has 0 radical (unpaired) electrons. The summed E-state index contributed by atoms with van der Waals surface area (Å²) in [6, 6.07) is 10.3. The minimum Gasteiger partial charge on any atom is -0.240 e. The molecule has 14 heavy (non-hydrogen) atoms. The first kappa shape index (κ1) is 8.25. The lowest BCUT2D eigenvalue weighted by molar-refractivity contribution is 1.03. The number of benzene rings is 1. The molecule has 1 aliphatic carbocycles. The molecule has 0 atom stereocenters. The standard InChI is InChI=1S/C12H10ClN/c13-12-10-4-2-1-3-9(10)7-11(14-12)8-5-6-8/h1-4,7-8H,5-6H2. The van der Waals surface area contributed by atoms with Gasteiger partial charge < -0.3 is 0 Å². The summed E-state index contributed by atoms with van der Waals surface area (Å²) in [5.74, 6) is 0.664. The Morgan fingerprint density at radius 1 is 1.21 bits per heavy atom. The first-order valence-electron chi connectivity index (χ1n) is 4.90. The van der Waals surface area contributed by atoms with Crippen molar-refractivity contribution in [3.05, 3.63) is 41.2 Å². The van der Waals surface area contributed by atoms with Gasteiger partial charge in [0.2, 0.25) is 0 Å². The van der Waals surface area contributed by atoms with Gasteiger partial charge in [-0.2, -0.15) is 0 Å². The number of aromatic nitrogens is 1. The Morgan fingerprint density at radius 2 is 2.00 bits per heavy atom. The van der Waals surface area contributed by atoms with Crippen LogP contribution in [-0.2, 0) is 0 Å². The van der Waals surface area contributed by atoms with Crippen molar-refractivity contribution < 1.29 is 0 Å². The zero-order valence-corrected chi connectivity index (χ0v) is 8.46. The molecule has 3 rings (SSSR count). The maximum Gasteiger partial charge on any atom is 0.137 e. The van der Waals surface area contributed by atoms with Gasteiger partial charge in [-0.25, -0.2) is 4.98 Å². The van der Waals surface area contributed by atoms with E-state index in [9.17, 15) is 0 Å². The maximum atomic E-state index is 6.12. The molecule has 2 aromatic rings. The second-order valence-electron chi connectivity index (χ2n) is 3.83. The van der Waals surface area contributed by atoms with Gasteiger partial charge in [-0.1, -0.05) is 35.9 Å². The molecule has 0 spiro atoms. The van der Waals surface area contributed by atoms with E-state index in [1.165, 1.54) is 18.2 Å². The average molecular weight is 204 g/mol. The van der Waals surface area contributed by atoms with Gasteiger partial charge in [0.1, 0.15) is 5.15 Å². The van der Waals surface area contributed by atoms with Crippen LogP contribution in [0.5, 0.6) is 0 Å². The normalized spacial score (nSPS) is 16.1. The molecule has 0 unspecified atom stereocenters. The van der Waals surface area contributed by atoms with E-state index >= 15 is 0 Å². The predicted octanol–water partition coefficient (Wildman–Crippen LogP) is 3.77. The van der Waals surface area contributed by atoms with E-state index in [1.54, 1.807) is 0 Å². The van der Waals surface area contributed by atoms with Crippen LogP contribution < -0.4 is 0 Å². The highest BCUT2D eigenvalue weighted by Crippen LogP contribution is 2.40. The Kier molecular flexibility index (Phi) is 1.74. The molecule has 1 aromatic heterocycles. The summed E-state index contributed by atoms with van der Waals surface area (Å²) in [6.07, 6.45) is 2.53. The molecule has 1 saturated carbocycles. The molecule has 2 heteroatoms. The van der Waals surface area contributed by atoms with Crippen molar-refractivity contribution >= 4 is 22.4 Å². The summed E-state index contributed by atoms with van der Waals surface area (Å²) < 4.78 is 0. The van der Waals surface area contributed by atoms with Crippen LogP contribution in [0.25, 0.3) is 10.8 Å². The van der Waals surface area contributed by atoms with Crippen molar-refractivity contribution in [1.29, 1.82) is 0 Å². The quantitative estimate of drug-likeness (QED) is 0.643. The summed E-state index contributed by atoms with van der Waals surface area (Å²) >= 11 is 6.12. The number of rotatable bonds is 1. The molecule has 0 bridgehead atoms. The van der Waals surface area contributed by atoms with Crippen LogP contribution in [0.1, 0.15) is 24.5 Å². The van der Waals surface area contributed by atoms with Crippen LogP contribution in [0, 0.1) is 0 Å². The Bertz CT molecular complexity index is 489. The molecule has 0 aliphatic heterocycles. The van der Waals surface area contributed by atoms with E-state index < -0.39 is 0 Å². The fourth-order valence-corrected chi connectivity index (χ4v) is 2.03. The molecule has 0 saturated heterocycles. The van der Waals surface area contributed by atoms with Crippen LogP contribution in [0.4, 0.5) is 0 Å². The fraction of sp³-hybridized carbons (Fsp3) is 0.250. The topological polar surface area (TPSA) is 12.9 Å². The van der Waals surface area contributed by atoms with Crippen molar-refractivity contribution in [2.24, 2.45) is 0 Å². The number of halogens is 1. The smallest absolute Gasteiger partial charge is 0.137 e. The third-order valence-corrected chi connectivity index (χ3v) is 3.00. The monoisotopic (exact) mass is 203 g/mol. The largest absolute Gasteiger partial charge is 0.240 e. The van der Waals surface area contributed by atoms with Gasteiger partial charge in [-0.3, -0.25) is 0 Å². The molecular weight excluding hydrogens is 194 g/mol. The molecule has 0 amide bonds. The first-order valence-corrected chi connectivity index (χ1v) is 5.27. The highest BCUT2D eigenvalue weighted by Gasteiger charge is 2.25. The van der Waals surface area contributed by atoms with Gasteiger partial charge in [0.15, 0.2) is 0 Å². The number of hydrogen-bond acceptors (Lipinski definition) is 1. The summed E-state index contributed by atoms with van der Waals surface area (Å²) in [5, 5.41) is 2.90. The fourth-order valence-electron chi connectivity index (χ4n) is 1.76. The van der Waals surface area contributed by atoms with Crippen molar-refractivity contribution in [3.63, 3.8) is 0 Å². The Balaban J connectivity index is 2.27. The van der Waals surface area contributed by atoms with Crippen molar-refractivity contribution in [2.75, 3.05) is 0 Å². The minimum atomic E-state index is 0.644. The predicted molar refractivity (Wildman–Crippen MR) is 58.7 cm³/mol. The highest BCUT2D eigenvalue weighted by molar-refractivity contribution is 6.34. The Morgan fingerprint density at radius 3 is 2.79 bits per heavy atom. The van der Waals surface area contributed by atoms with E-state index in [-0.39, 0.29) is 0 Å². The second-order valence-corrected chi connectivity index (χ2v) is 4.19. The van der Waals surface area contributed by atoms with Crippen LogP contribution in [0.15, 0.2) is 30.3 Å². The number of fused-ring (bicyclic) bond motifs is 1. The molecule has 1 aromatic carbocycles. The molecule has 0 N–H and O–H groups in total. The van der Waals surface area contributed by atoms with Crippen LogP contribution in [-0.4, -0.2) is 4.98 Å². The maximum absolute atomic E-state index is 6.12. The second kappa shape index (κ2) is 2.96. The molecule has 1 fully saturated rings. The number of hydrogen-bond donors (Lipinski definition) is 0. The SMILES string of the molecule is Clc1nc(C2CC2)cc2ccccc12. The lowest BCUT2D eigenvalue weighted by Crippen LogP contribution is -1.88. The van der Waals surface area contributed by atoms with Gasteiger partial charge in [0.05, 0.1) is 0 Å². The lowest BCUT2D eigenvalue weighted by Gasteiger charge is -2.03. The van der Waals surface area contributed by atoms with Crippen LogP contribution in [0.2, 0.25) is 5.15 Å². The zero-order valence-electron chi connectivity index (χ0n) is 7.70. The van der Waals surface area contributed by atoms with E-state index in [0.717, 1.165) is 11.1 Å². The van der Waals surface area contributed by atoms with Crippen molar-refractivity contribution in [3.8, 4) is 0 Å².